The molecule has 3 aromatic carbocycles. The molecule has 0 radical (unpaired) electrons. The topological polar surface area (TPSA) is 32.7 Å². The quantitative estimate of drug-likeness (QED) is 0.342. The summed E-state index contributed by atoms with van der Waals surface area (Å²) in [7, 11) is 1.62. The summed E-state index contributed by atoms with van der Waals surface area (Å²) >= 11 is 1.70. The van der Waals surface area contributed by atoms with Crippen molar-refractivity contribution in [2.24, 2.45) is 0 Å². The Balaban J connectivity index is 0.00000240. The minimum atomic E-state index is 0. The third-order valence-electron chi connectivity index (χ3n) is 4.58. The van der Waals surface area contributed by atoms with Crippen LogP contribution >= 0.6 is 23.7 Å². The van der Waals surface area contributed by atoms with Crippen molar-refractivity contribution in [2.75, 3.05) is 12.1 Å². The molecule has 0 aliphatic carbocycles. The molecule has 3 nitrogen and oxygen atoms in total. The molecule has 5 heteroatoms. The van der Waals surface area contributed by atoms with Crippen LogP contribution in [0, 0.1) is 0 Å². The van der Waals surface area contributed by atoms with Gasteiger partial charge in [0, 0.05) is 23.1 Å². The fraction of sp³-hybridized carbons (Fsp3) is 0.0833. The van der Waals surface area contributed by atoms with Crippen LogP contribution < -0.4 is 9.80 Å². The second-order valence-corrected chi connectivity index (χ2v) is 7.42. The van der Waals surface area contributed by atoms with E-state index >= 15 is 0 Å². The fourth-order valence-electron chi connectivity index (χ4n) is 3.12. The van der Waals surface area contributed by atoms with E-state index < -0.39 is 0 Å². The number of hydrogen-bond donors (Lipinski definition) is 1. The van der Waals surface area contributed by atoms with Gasteiger partial charge in [0.25, 0.3) is 0 Å². The maximum atomic E-state index is 9.59. The van der Waals surface area contributed by atoms with Crippen LogP contribution in [0.4, 0.5) is 5.69 Å². The Kier molecular flexibility index (Phi) is 6.94. The van der Waals surface area contributed by atoms with E-state index in [2.05, 4.69) is 29.6 Å². The van der Waals surface area contributed by atoms with Gasteiger partial charge in [0.1, 0.15) is 12.4 Å². The number of anilines is 1. The molecular weight excluding hydrogens is 402 g/mol. The number of ether oxygens (including phenoxy) is 1. The van der Waals surface area contributed by atoms with Gasteiger partial charge in [-0.2, -0.15) is 0 Å². The Morgan fingerprint density at radius 3 is 2.24 bits per heavy atom. The van der Waals surface area contributed by atoms with Crippen molar-refractivity contribution in [2.45, 2.75) is 6.61 Å². The molecule has 0 amide bonds. The summed E-state index contributed by atoms with van der Waals surface area (Å²) in [6, 6.07) is 28.4. The predicted molar refractivity (Wildman–Crippen MR) is 123 cm³/mol. The molecule has 1 N–H and O–H groups in total. The summed E-state index contributed by atoms with van der Waals surface area (Å²) in [6.45, 7) is 0.537. The molecule has 4 rings (SSSR count). The highest BCUT2D eigenvalue weighted by atomic mass is 35.5. The van der Waals surface area contributed by atoms with Crippen molar-refractivity contribution < 1.29 is 9.94 Å². The minimum absolute atomic E-state index is 0. The summed E-state index contributed by atoms with van der Waals surface area (Å²) in [6.07, 6.45) is 0. The molecule has 29 heavy (non-hydrogen) atoms. The number of thiophene rings is 1. The third-order valence-corrected chi connectivity index (χ3v) is 5.55. The lowest BCUT2D eigenvalue weighted by molar-refractivity contribution is 0.279. The Hall–Kier alpha value is -2.79. The van der Waals surface area contributed by atoms with Crippen LogP contribution in [0.5, 0.6) is 5.75 Å². The zero-order valence-corrected chi connectivity index (χ0v) is 17.6. The molecule has 0 saturated carbocycles. The van der Waals surface area contributed by atoms with Crippen molar-refractivity contribution in [1.82, 2.24) is 0 Å². The van der Waals surface area contributed by atoms with Crippen molar-refractivity contribution in [1.29, 1.82) is 0 Å². The predicted octanol–water partition coefficient (Wildman–Crippen LogP) is 6.91. The summed E-state index contributed by atoms with van der Waals surface area (Å²) in [5.41, 5.74) is 5.25. The molecule has 0 aliphatic rings. The molecule has 0 bridgehead atoms. The number of halogens is 1. The number of nitrogens with zero attached hydrogens (tertiary/aromatic N) is 1. The standard InChI is InChI=1S/C24H21NO2S.ClH/c1-25(26)20-13-11-19(12-14-20)24-22(15-16-28-24)21-9-5-6-10-23(21)27-17-18-7-3-2-4-8-18;/h2-16,26H,17H2,1H3;1H. The minimum Gasteiger partial charge on any atom is -0.488 e. The first kappa shape index (κ1) is 20.9. The third kappa shape index (κ3) is 4.80. The maximum absolute atomic E-state index is 9.59. The molecule has 4 aromatic rings. The molecule has 0 aliphatic heterocycles. The van der Waals surface area contributed by atoms with Gasteiger partial charge < -0.3 is 4.74 Å². The summed E-state index contributed by atoms with van der Waals surface area (Å²) in [5.74, 6) is 0.873. The molecule has 148 valence electrons. The van der Waals surface area contributed by atoms with E-state index in [0.29, 0.717) is 6.61 Å². The van der Waals surface area contributed by atoms with Crippen LogP contribution in [-0.4, -0.2) is 12.3 Å². The molecule has 0 fully saturated rings. The first-order valence-corrected chi connectivity index (χ1v) is 9.97. The summed E-state index contributed by atoms with van der Waals surface area (Å²) in [4.78, 5) is 1.18. The lowest BCUT2D eigenvalue weighted by Gasteiger charge is -2.13. The molecule has 0 saturated heterocycles. The number of hydroxylamine groups is 1. The summed E-state index contributed by atoms with van der Waals surface area (Å²) in [5, 5.41) is 12.8. The van der Waals surface area contributed by atoms with Gasteiger partial charge in [-0.1, -0.05) is 60.7 Å². The van der Waals surface area contributed by atoms with Gasteiger partial charge in [-0.15, -0.1) is 23.7 Å². The highest BCUT2D eigenvalue weighted by Gasteiger charge is 2.14. The maximum Gasteiger partial charge on any atom is 0.127 e. The van der Waals surface area contributed by atoms with Gasteiger partial charge in [-0.3, -0.25) is 10.3 Å². The average Bonchev–Trinajstić information content (AvgIpc) is 3.23. The number of hydrogen-bond acceptors (Lipinski definition) is 4. The van der Waals surface area contributed by atoms with Gasteiger partial charge in [0.05, 0.1) is 5.69 Å². The van der Waals surface area contributed by atoms with E-state index in [1.54, 1.807) is 18.4 Å². The second kappa shape index (κ2) is 9.61. The zero-order valence-electron chi connectivity index (χ0n) is 16.0. The molecular formula is C24H22ClNO2S. The Morgan fingerprint density at radius 1 is 0.828 bits per heavy atom. The molecule has 0 unspecified atom stereocenters. The van der Waals surface area contributed by atoms with Crippen molar-refractivity contribution in [3.63, 3.8) is 0 Å². The van der Waals surface area contributed by atoms with Crippen LogP contribution in [0.15, 0.2) is 90.3 Å². The summed E-state index contributed by atoms with van der Waals surface area (Å²) < 4.78 is 6.15. The van der Waals surface area contributed by atoms with Gasteiger partial charge >= 0.3 is 0 Å². The number of benzene rings is 3. The highest BCUT2D eigenvalue weighted by Crippen LogP contribution is 2.41. The van der Waals surface area contributed by atoms with E-state index in [9.17, 15) is 5.21 Å². The average molecular weight is 424 g/mol. The molecule has 0 spiro atoms. The zero-order chi connectivity index (χ0) is 19.3. The highest BCUT2D eigenvalue weighted by molar-refractivity contribution is 7.14. The van der Waals surface area contributed by atoms with E-state index in [-0.39, 0.29) is 12.4 Å². The van der Waals surface area contributed by atoms with E-state index in [0.717, 1.165) is 38.8 Å². The Bertz CT molecular complexity index is 1050. The second-order valence-electron chi connectivity index (χ2n) is 6.50. The smallest absolute Gasteiger partial charge is 0.127 e. The van der Waals surface area contributed by atoms with E-state index in [1.807, 2.05) is 60.7 Å². The Labute approximate surface area is 181 Å². The van der Waals surface area contributed by atoms with E-state index in [4.69, 9.17) is 4.74 Å². The number of para-hydroxylation sites is 1. The largest absolute Gasteiger partial charge is 0.488 e. The van der Waals surface area contributed by atoms with Crippen LogP contribution in [0.3, 0.4) is 0 Å². The van der Waals surface area contributed by atoms with E-state index in [1.165, 1.54) is 4.88 Å². The van der Waals surface area contributed by atoms with Crippen molar-refractivity contribution in [3.05, 3.63) is 95.9 Å². The van der Waals surface area contributed by atoms with Crippen molar-refractivity contribution in [3.8, 4) is 27.3 Å². The normalized spacial score (nSPS) is 10.3. The lowest BCUT2D eigenvalue weighted by atomic mass is 10.0. The van der Waals surface area contributed by atoms with Gasteiger partial charge in [0.15, 0.2) is 0 Å². The van der Waals surface area contributed by atoms with Crippen LogP contribution in [0.1, 0.15) is 5.56 Å². The monoisotopic (exact) mass is 423 g/mol. The van der Waals surface area contributed by atoms with Crippen molar-refractivity contribution >= 4 is 29.4 Å². The first-order chi connectivity index (χ1) is 13.7. The molecule has 1 heterocycles. The number of rotatable bonds is 6. The Morgan fingerprint density at radius 2 is 1.52 bits per heavy atom. The lowest BCUT2D eigenvalue weighted by Crippen LogP contribution is -2.09. The SMILES string of the molecule is CN(O)c1ccc(-c2sccc2-c2ccccc2OCc2ccccc2)cc1.Cl. The first-order valence-electron chi connectivity index (χ1n) is 9.09. The van der Waals surface area contributed by atoms with Crippen LogP contribution in [0.25, 0.3) is 21.6 Å². The van der Waals surface area contributed by atoms with Crippen LogP contribution in [-0.2, 0) is 6.61 Å². The van der Waals surface area contributed by atoms with Gasteiger partial charge in [0.2, 0.25) is 0 Å². The van der Waals surface area contributed by atoms with Gasteiger partial charge in [-0.05, 0) is 40.8 Å². The molecule has 0 atom stereocenters. The molecule has 1 aromatic heterocycles. The van der Waals surface area contributed by atoms with Crippen LogP contribution in [0.2, 0.25) is 0 Å². The fourth-order valence-corrected chi connectivity index (χ4v) is 4.04. The van der Waals surface area contributed by atoms with Gasteiger partial charge in [-0.25, -0.2) is 0 Å².